The highest BCUT2D eigenvalue weighted by Crippen LogP contribution is 2.45. The van der Waals surface area contributed by atoms with Crippen LogP contribution in [0.5, 0.6) is 0 Å². The molecule has 3 aliphatic rings. The van der Waals surface area contributed by atoms with E-state index >= 15 is 0 Å². The van der Waals surface area contributed by atoms with E-state index in [0.29, 0.717) is 30.8 Å². The molecule has 118 valence electrons. The fourth-order valence-electron chi connectivity index (χ4n) is 3.09. The van der Waals surface area contributed by atoms with E-state index in [0.717, 1.165) is 19.4 Å². The zero-order chi connectivity index (χ0) is 15.1. The number of urea groups is 1. The number of carboxylic acids is 1. The lowest BCUT2D eigenvalue weighted by atomic mass is 10.2. The predicted octanol–water partition coefficient (Wildman–Crippen LogP) is 0.980. The molecule has 2 amide bonds. The quantitative estimate of drug-likeness (QED) is 0.823. The molecule has 2 aliphatic heterocycles. The van der Waals surface area contributed by atoms with Gasteiger partial charge in [-0.3, -0.25) is 4.90 Å². The second-order valence-electron chi connectivity index (χ2n) is 6.38. The summed E-state index contributed by atoms with van der Waals surface area (Å²) in [7, 11) is 2.06. The molecule has 0 aromatic heterocycles. The largest absolute Gasteiger partial charge is 0.480 e. The van der Waals surface area contributed by atoms with Gasteiger partial charge >= 0.3 is 12.0 Å². The first-order valence-electron chi connectivity index (χ1n) is 7.61. The number of hydrogen-bond acceptors (Lipinski definition) is 4. The maximum atomic E-state index is 12.9. The number of piperazine rings is 1. The van der Waals surface area contributed by atoms with Crippen molar-refractivity contribution in [1.29, 1.82) is 0 Å². The molecule has 0 spiro atoms. The third kappa shape index (κ3) is 2.85. The maximum Gasteiger partial charge on any atom is 0.327 e. The molecule has 3 atom stereocenters. The molecule has 3 fully saturated rings. The Morgan fingerprint density at radius 2 is 1.95 bits per heavy atom. The van der Waals surface area contributed by atoms with E-state index in [1.165, 1.54) is 0 Å². The lowest BCUT2D eigenvalue weighted by molar-refractivity contribution is -0.141. The Morgan fingerprint density at radius 3 is 2.52 bits per heavy atom. The summed E-state index contributed by atoms with van der Waals surface area (Å²) < 4.78 is 0. The van der Waals surface area contributed by atoms with Gasteiger partial charge in [-0.15, -0.1) is 11.8 Å². The van der Waals surface area contributed by atoms with Crippen molar-refractivity contribution in [2.24, 2.45) is 5.92 Å². The van der Waals surface area contributed by atoms with Gasteiger partial charge in [-0.25, -0.2) is 9.59 Å². The van der Waals surface area contributed by atoms with Gasteiger partial charge in [-0.2, -0.15) is 0 Å². The molecule has 0 aromatic carbocycles. The topological polar surface area (TPSA) is 64.1 Å². The van der Waals surface area contributed by atoms with Crippen LogP contribution < -0.4 is 0 Å². The predicted molar refractivity (Wildman–Crippen MR) is 81.3 cm³/mol. The van der Waals surface area contributed by atoms with Crippen molar-refractivity contribution >= 4 is 23.8 Å². The second kappa shape index (κ2) is 5.68. The summed E-state index contributed by atoms with van der Waals surface area (Å²) in [4.78, 5) is 30.1. The molecule has 0 radical (unpaired) electrons. The van der Waals surface area contributed by atoms with Crippen LogP contribution in [0.4, 0.5) is 4.79 Å². The first-order chi connectivity index (χ1) is 9.99. The van der Waals surface area contributed by atoms with Crippen molar-refractivity contribution in [3.05, 3.63) is 0 Å². The monoisotopic (exact) mass is 313 g/mol. The summed E-state index contributed by atoms with van der Waals surface area (Å²) in [6.45, 7) is 4.32. The van der Waals surface area contributed by atoms with Crippen molar-refractivity contribution in [1.82, 2.24) is 14.7 Å². The van der Waals surface area contributed by atoms with Crippen LogP contribution in [0.3, 0.4) is 0 Å². The maximum absolute atomic E-state index is 12.9. The highest BCUT2D eigenvalue weighted by Gasteiger charge is 2.49. The highest BCUT2D eigenvalue weighted by molar-refractivity contribution is 8.00. The average Bonchev–Trinajstić information content (AvgIpc) is 3.19. The summed E-state index contributed by atoms with van der Waals surface area (Å²) >= 11 is 1.64. The van der Waals surface area contributed by atoms with Crippen LogP contribution in [0.15, 0.2) is 0 Å². The minimum atomic E-state index is -0.874. The number of hydrogen-bond donors (Lipinski definition) is 1. The molecule has 1 saturated carbocycles. The Hall–Kier alpha value is -0.950. The van der Waals surface area contributed by atoms with Crippen molar-refractivity contribution in [2.45, 2.75) is 37.2 Å². The van der Waals surface area contributed by atoms with E-state index in [1.54, 1.807) is 16.7 Å². The van der Waals surface area contributed by atoms with Crippen molar-refractivity contribution in [3.8, 4) is 0 Å². The Labute approximate surface area is 129 Å². The van der Waals surface area contributed by atoms with E-state index in [-0.39, 0.29) is 11.4 Å². The molecule has 1 aliphatic carbocycles. The van der Waals surface area contributed by atoms with Crippen LogP contribution in [0.1, 0.15) is 19.8 Å². The number of carbonyl (C=O) groups is 2. The third-order valence-corrected chi connectivity index (χ3v) is 6.26. The van der Waals surface area contributed by atoms with Crippen LogP contribution in [0.2, 0.25) is 0 Å². The average molecular weight is 313 g/mol. The molecular formula is C14H23N3O3S. The van der Waals surface area contributed by atoms with Crippen LogP contribution >= 0.6 is 11.8 Å². The summed E-state index contributed by atoms with van der Waals surface area (Å²) in [5.41, 5.74) is 0. The van der Waals surface area contributed by atoms with Gasteiger partial charge in [0, 0.05) is 31.4 Å². The number of nitrogens with zero attached hydrogens (tertiary/aromatic N) is 3. The minimum absolute atomic E-state index is 0.0635. The highest BCUT2D eigenvalue weighted by atomic mass is 32.2. The molecule has 7 heteroatoms. The second-order valence-corrected chi connectivity index (χ2v) is 7.53. The van der Waals surface area contributed by atoms with Crippen molar-refractivity contribution < 1.29 is 14.7 Å². The molecule has 6 nitrogen and oxygen atoms in total. The van der Waals surface area contributed by atoms with Crippen molar-refractivity contribution in [2.75, 3.05) is 32.4 Å². The number of carbonyl (C=O) groups excluding carboxylic acids is 1. The van der Waals surface area contributed by atoms with Gasteiger partial charge in [0.2, 0.25) is 0 Å². The smallest absolute Gasteiger partial charge is 0.327 e. The van der Waals surface area contributed by atoms with Crippen LogP contribution in [-0.2, 0) is 4.79 Å². The summed E-state index contributed by atoms with van der Waals surface area (Å²) in [6, 6.07) is -0.423. The molecule has 21 heavy (non-hydrogen) atoms. The standard InChI is InChI=1S/C14H23N3O3S/c1-9-7-16(6-5-15(9)2)14(20)17-11(13(18)19)8-21-12(17)10-3-4-10/h9-12H,3-8H2,1-2H3,(H,18,19). The Kier molecular flexibility index (Phi) is 4.05. The van der Waals surface area contributed by atoms with E-state index in [2.05, 4.69) is 18.9 Å². The molecule has 0 aromatic rings. The fourth-order valence-corrected chi connectivity index (χ4v) is 4.71. The van der Waals surface area contributed by atoms with Gasteiger partial charge in [0.1, 0.15) is 6.04 Å². The zero-order valence-corrected chi connectivity index (χ0v) is 13.4. The fraction of sp³-hybridized carbons (Fsp3) is 0.857. The van der Waals surface area contributed by atoms with E-state index in [1.807, 2.05) is 4.90 Å². The Morgan fingerprint density at radius 1 is 1.24 bits per heavy atom. The van der Waals surface area contributed by atoms with Crippen molar-refractivity contribution in [3.63, 3.8) is 0 Å². The molecule has 2 heterocycles. The number of thioether (sulfide) groups is 1. The molecule has 1 N–H and O–H groups in total. The first kappa shape index (κ1) is 15.0. The summed E-state index contributed by atoms with van der Waals surface area (Å²) in [5, 5.41) is 9.47. The van der Waals surface area contributed by atoms with Gasteiger partial charge in [0.15, 0.2) is 0 Å². The third-order valence-electron chi connectivity index (χ3n) is 4.80. The minimum Gasteiger partial charge on any atom is -0.480 e. The van der Waals surface area contributed by atoms with Gasteiger partial charge in [-0.05, 0) is 32.7 Å². The molecular weight excluding hydrogens is 290 g/mol. The van der Waals surface area contributed by atoms with Gasteiger partial charge in [0.05, 0.1) is 5.37 Å². The molecule has 0 bridgehead atoms. The van der Waals surface area contributed by atoms with E-state index in [4.69, 9.17) is 0 Å². The Balaban J connectivity index is 1.75. The Bertz CT molecular complexity index is 443. The van der Waals surface area contributed by atoms with Crippen LogP contribution in [0.25, 0.3) is 0 Å². The van der Waals surface area contributed by atoms with Gasteiger partial charge in [0.25, 0.3) is 0 Å². The number of likely N-dealkylation sites (N-methyl/N-ethyl adjacent to an activating group) is 1. The summed E-state index contributed by atoms with van der Waals surface area (Å²) in [5.74, 6) is 0.139. The summed E-state index contributed by atoms with van der Waals surface area (Å²) in [6.07, 6.45) is 2.24. The number of rotatable bonds is 2. The SMILES string of the molecule is CC1CN(C(=O)N2C(C(=O)O)CSC2C2CC2)CCN1C. The number of amides is 2. The first-order valence-corrected chi connectivity index (χ1v) is 8.66. The lowest BCUT2D eigenvalue weighted by Crippen LogP contribution is -2.58. The molecule has 3 unspecified atom stereocenters. The number of carboxylic acid groups (broad SMARTS) is 1. The van der Waals surface area contributed by atoms with Crippen LogP contribution in [0, 0.1) is 5.92 Å². The molecule has 2 saturated heterocycles. The number of aliphatic carboxylic acids is 1. The van der Waals surface area contributed by atoms with E-state index in [9.17, 15) is 14.7 Å². The van der Waals surface area contributed by atoms with Crippen LogP contribution in [-0.4, -0.2) is 81.7 Å². The molecule has 3 rings (SSSR count). The van der Waals surface area contributed by atoms with Gasteiger partial charge < -0.3 is 14.9 Å². The van der Waals surface area contributed by atoms with Gasteiger partial charge in [-0.1, -0.05) is 0 Å². The lowest BCUT2D eigenvalue weighted by Gasteiger charge is -2.41. The van der Waals surface area contributed by atoms with E-state index < -0.39 is 12.0 Å². The zero-order valence-electron chi connectivity index (χ0n) is 12.6. The normalized spacial score (nSPS) is 34.3.